The summed E-state index contributed by atoms with van der Waals surface area (Å²) in [5.74, 6) is -0.264. The van der Waals surface area contributed by atoms with E-state index in [1.54, 1.807) is 12.1 Å². The van der Waals surface area contributed by atoms with Crippen molar-refractivity contribution < 1.29 is 9.50 Å². The van der Waals surface area contributed by atoms with Gasteiger partial charge in [0.1, 0.15) is 5.82 Å². The van der Waals surface area contributed by atoms with Gasteiger partial charge in [0.2, 0.25) is 0 Å². The molecule has 0 radical (unpaired) electrons. The van der Waals surface area contributed by atoms with Crippen LogP contribution in [0.1, 0.15) is 24.5 Å². The molecule has 0 saturated carbocycles. The summed E-state index contributed by atoms with van der Waals surface area (Å²) >= 11 is 3.22. The van der Waals surface area contributed by atoms with Gasteiger partial charge in [-0.05, 0) is 52.0 Å². The van der Waals surface area contributed by atoms with E-state index in [1.165, 1.54) is 6.07 Å². The molecule has 1 N–H and O–H groups in total. The second kappa shape index (κ2) is 6.51. The first kappa shape index (κ1) is 15.2. The SMILES string of the molecule is CCC(CO)(Cc1ccc(F)c(Br)c1)c1ccccc1. The maximum absolute atomic E-state index is 13.3. The van der Waals surface area contributed by atoms with E-state index in [0.717, 1.165) is 17.5 Å². The monoisotopic (exact) mass is 336 g/mol. The normalized spacial score (nSPS) is 14.0. The van der Waals surface area contributed by atoms with Crippen LogP contribution in [-0.2, 0) is 11.8 Å². The Hall–Kier alpha value is -1.19. The Morgan fingerprint density at radius 1 is 1.15 bits per heavy atom. The molecule has 3 heteroatoms. The van der Waals surface area contributed by atoms with Crippen molar-refractivity contribution in [3.63, 3.8) is 0 Å². The lowest BCUT2D eigenvalue weighted by atomic mass is 9.74. The zero-order valence-corrected chi connectivity index (χ0v) is 13.0. The minimum atomic E-state index is -0.321. The molecule has 2 aromatic carbocycles. The second-order valence-electron chi connectivity index (χ2n) is 5.08. The predicted molar refractivity (Wildman–Crippen MR) is 83.3 cm³/mol. The summed E-state index contributed by atoms with van der Waals surface area (Å²) in [6.07, 6.45) is 1.51. The van der Waals surface area contributed by atoms with Crippen LogP contribution in [0.2, 0.25) is 0 Å². The highest BCUT2D eigenvalue weighted by atomic mass is 79.9. The Kier molecular flexibility index (Phi) is 4.95. The topological polar surface area (TPSA) is 20.2 Å². The molecule has 0 spiro atoms. The molecular formula is C17H18BrFO. The van der Waals surface area contributed by atoms with Gasteiger partial charge in [0.25, 0.3) is 0 Å². The summed E-state index contributed by atoms with van der Waals surface area (Å²) in [7, 11) is 0. The van der Waals surface area contributed by atoms with Crippen LogP contribution in [-0.4, -0.2) is 11.7 Å². The zero-order chi connectivity index (χ0) is 14.6. The van der Waals surface area contributed by atoms with Gasteiger partial charge in [0.15, 0.2) is 0 Å². The predicted octanol–water partition coefficient (Wildman–Crippen LogP) is 4.47. The number of hydrogen-bond donors (Lipinski definition) is 1. The van der Waals surface area contributed by atoms with E-state index in [1.807, 2.05) is 30.3 Å². The largest absolute Gasteiger partial charge is 0.395 e. The van der Waals surface area contributed by atoms with Crippen molar-refractivity contribution in [2.45, 2.75) is 25.2 Å². The summed E-state index contributed by atoms with van der Waals surface area (Å²) < 4.78 is 13.8. The lowest BCUT2D eigenvalue weighted by molar-refractivity contribution is 0.186. The minimum absolute atomic E-state index is 0.0719. The van der Waals surface area contributed by atoms with Crippen molar-refractivity contribution in [2.24, 2.45) is 0 Å². The van der Waals surface area contributed by atoms with Crippen LogP contribution in [0.5, 0.6) is 0 Å². The lowest BCUT2D eigenvalue weighted by Crippen LogP contribution is -2.32. The quantitative estimate of drug-likeness (QED) is 0.853. The maximum Gasteiger partial charge on any atom is 0.137 e. The van der Waals surface area contributed by atoms with Crippen LogP contribution in [0.3, 0.4) is 0 Å². The molecule has 2 aromatic rings. The van der Waals surface area contributed by atoms with Crippen molar-refractivity contribution >= 4 is 15.9 Å². The lowest BCUT2D eigenvalue weighted by Gasteiger charge is -2.31. The molecular weight excluding hydrogens is 319 g/mol. The molecule has 0 amide bonds. The van der Waals surface area contributed by atoms with Gasteiger partial charge in [-0.25, -0.2) is 4.39 Å². The van der Waals surface area contributed by atoms with E-state index in [2.05, 4.69) is 22.9 Å². The van der Waals surface area contributed by atoms with Crippen molar-refractivity contribution in [1.29, 1.82) is 0 Å². The average molecular weight is 337 g/mol. The summed E-state index contributed by atoms with van der Waals surface area (Å²) in [6.45, 7) is 2.14. The van der Waals surface area contributed by atoms with Gasteiger partial charge in [-0.1, -0.05) is 43.3 Å². The summed E-state index contributed by atoms with van der Waals surface area (Å²) in [6, 6.07) is 15.0. The fourth-order valence-corrected chi connectivity index (χ4v) is 2.95. The highest BCUT2D eigenvalue weighted by Gasteiger charge is 2.30. The fraction of sp³-hybridized carbons (Fsp3) is 0.294. The fourth-order valence-electron chi connectivity index (χ4n) is 2.52. The van der Waals surface area contributed by atoms with E-state index in [9.17, 15) is 9.50 Å². The van der Waals surface area contributed by atoms with E-state index in [4.69, 9.17) is 0 Å². The maximum atomic E-state index is 13.3. The third-order valence-corrected chi connectivity index (χ3v) is 4.50. The van der Waals surface area contributed by atoms with Crippen LogP contribution in [0, 0.1) is 5.82 Å². The average Bonchev–Trinajstić information content (AvgIpc) is 2.49. The van der Waals surface area contributed by atoms with Gasteiger partial charge in [0.05, 0.1) is 11.1 Å². The van der Waals surface area contributed by atoms with Gasteiger partial charge in [-0.15, -0.1) is 0 Å². The molecule has 0 aliphatic rings. The zero-order valence-electron chi connectivity index (χ0n) is 11.4. The highest BCUT2D eigenvalue weighted by Crippen LogP contribution is 2.32. The second-order valence-corrected chi connectivity index (χ2v) is 5.94. The molecule has 20 heavy (non-hydrogen) atoms. The van der Waals surface area contributed by atoms with Crippen molar-refractivity contribution in [3.05, 3.63) is 69.9 Å². The first-order valence-corrected chi connectivity index (χ1v) is 7.51. The Morgan fingerprint density at radius 2 is 1.85 bits per heavy atom. The Labute approximate surface area is 127 Å². The number of benzene rings is 2. The molecule has 0 saturated heterocycles. The Bertz CT molecular complexity index is 564. The smallest absolute Gasteiger partial charge is 0.137 e. The molecule has 0 aromatic heterocycles. The molecule has 0 fully saturated rings. The first-order chi connectivity index (χ1) is 9.61. The molecule has 0 bridgehead atoms. The summed E-state index contributed by atoms with van der Waals surface area (Å²) in [4.78, 5) is 0. The van der Waals surface area contributed by atoms with Crippen LogP contribution in [0.25, 0.3) is 0 Å². The standard InChI is InChI=1S/C17H18BrFO/c1-2-17(12-20,14-6-4-3-5-7-14)11-13-8-9-16(19)15(18)10-13/h3-10,20H,2,11-12H2,1H3. The minimum Gasteiger partial charge on any atom is -0.395 e. The van der Waals surface area contributed by atoms with Gasteiger partial charge >= 0.3 is 0 Å². The van der Waals surface area contributed by atoms with Gasteiger partial charge < -0.3 is 5.11 Å². The molecule has 2 rings (SSSR count). The summed E-state index contributed by atoms with van der Waals surface area (Å²) in [5.41, 5.74) is 1.81. The van der Waals surface area contributed by atoms with Crippen LogP contribution >= 0.6 is 15.9 Å². The molecule has 0 heterocycles. The van der Waals surface area contributed by atoms with Crippen LogP contribution < -0.4 is 0 Å². The Balaban J connectivity index is 2.36. The van der Waals surface area contributed by atoms with E-state index < -0.39 is 0 Å². The molecule has 1 atom stereocenters. The van der Waals surface area contributed by atoms with E-state index in [-0.39, 0.29) is 17.8 Å². The number of halogens is 2. The first-order valence-electron chi connectivity index (χ1n) is 6.71. The van der Waals surface area contributed by atoms with Gasteiger partial charge in [0, 0.05) is 5.41 Å². The number of aliphatic hydroxyl groups is 1. The van der Waals surface area contributed by atoms with E-state index >= 15 is 0 Å². The Morgan fingerprint density at radius 3 is 2.40 bits per heavy atom. The van der Waals surface area contributed by atoms with E-state index in [0.29, 0.717) is 10.9 Å². The summed E-state index contributed by atoms with van der Waals surface area (Å²) in [5, 5.41) is 9.93. The van der Waals surface area contributed by atoms with Crippen molar-refractivity contribution in [1.82, 2.24) is 0 Å². The van der Waals surface area contributed by atoms with Crippen molar-refractivity contribution in [2.75, 3.05) is 6.61 Å². The third kappa shape index (κ3) is 3.10. The number of rotatable bonds is 5. The van der Waals surface area contributed by atoms with Gasteiger partial charge in [-0.2, -0.15) is 0 Å². The highest BCUT2D eigenvalue weighted by molar-refractivity contribution is 9.10. The molecule has 0 aliphatic carbocycles. The number of hydrogen-bond acceptors (Lipinski definition) is 1. The molecule has 106 valence electrons. The van der Waals surface area contributed by atoms with Crippen LogP contribution in [0.15, 0.2) is 53.0 Å². The number of aliphatic hydroxyl groups excluding tert-OH is 1. The molecule has 1 unspecified atom stereocenters. The third-order valence-electron chi connectivity index (χ3n) is 3.89. The molecule has 0 aliphatic heterocycles. The molecule has 1 nitrogen and oxygen atoms in total. The van der Waals surface area contributed by atoms with Gasteiger partial charge in [-0.3, -0.25) is 0 Å². The van der Waals surface area contributed by atoms with Crippen molar-refractivity contribution in [3.8, 4) is 0 Å². The van der Waals surface area contributed by atoms with Crippen LogP contribution in [0.4, 0.5) is 4.39 Å².